The molecule has 0 radical (unpaired) electrons. The topological polar surface area (TPSA) is 51.2 Å². The lowest BCUT2D eigenvalue weighted by Gasteiger charge is -2.10. The highest BCUT2D eigenvalue weighted by atomic mass is 19.4. The van der Waals surface area contributed by atoms with E-state index in [4.69, 9.17) is 0 Å². The van der Waals surface area contributed by atoms with Crippen LogP contribution in [0.15, 0.2) is 42.6 Å². The first-order valence-corrected chi connectivity index (χ1v) is 7.99. The molecule has 1 N–H and O–H groups in total. The van der Waals surface area contributed by atoms with Crippen molar-refractivity contribution >= 4 is 5.91 Å². The highest BCUT2D eigenvalue weighted by molar-refractivity contribution is 5.82. The lowest BCUT2D eigenvalue weighted by molar-refractivity contribution is -0.154. The van der Waals surface area contributed by atoms with Gasteiger partial charge in [-0.2, -0.15) is 13.2 Å². The lowest BCUT2D eigenvalue weighted by atomic mass is 10.1. The summed E-state index contributed by atoms with van der Waals surface area (Å²) >= 11 is 0. The van der Waals surface area contributed by atoms with Gasteiger partial charge in [0.15, 0.2) is 6.61 Å². The summed E-state index contributed by atoms with van der Waals surface area (Å²) in [7, 11) is 0. The van der Waals surface area contributed by atoms with Gasteiger partial charge in [-0.25, -0.2) is 9.37 Å². The Labute approximate surface area is 147 Å². The van der Waals surface area contributed by atoms with E-state index in [0.717, 1.165) is 5.56 Å². The van der Waals surface area contributed by atoms with Gasteiger partial charge < -0.3 is 10.1 Å². The van der Waals surface area contributed by atoms with E-state index in [1.807, 2.05) is 0 Å². The summed E-state index contributed by atoms with van der Waals surface area (Å²) in [5.41, 5.74) is 1.50. The largest absolute Gasteiger partial charge is 0.468 e. The van der Waals surface area contributed by atoms with Crippen LogP contribution in [0.1, 0.15) is 23.5 Å². The molecular formula is C18H16F4N2O2. The zero-order chi connectivity index (χ0) is 18.7. The number of benzene rings is 1. The van der Waals surface area contributed by atoms with E-state index >= 15 is 0 Å². The quantitative estimate of drug-likeness (QED) is 0.793. The number of carbonyl (C=O) groups excluding carboxylic acids is 1. The molecule has 26 heavy (non-hydrogen) atoms. The summed E-state index contributed by atoms with van der Waals surface area (Å²) in [5.74, 6) is -0.725. The second kappa shape index (κ2) is 7.31. The summed E-state index contributed by atoms with van der Waals surface area (Å²) in [6, 6.07) is 9.01. The Bertz CT molecular complexity index is 778. The van der Waals surface area contributed by atoms with Crippen LogP contribution in [-0.4, -0.2) is 23.7 Å². The number of halogens is 4. The molecule has 1 aromatic carbocycles. The Morgan fingerprint density at radius 1 is 1.23 bits per heavy atom. The average Bonchev–Trinajstić information content (AvgIpc) is 3.39. The molecule has 3 rings (SSSR count). The number of nitrogens with zero attached hydrogens (tertiary/aromatic N) is 1. The number of carbonyl (C=O) groups is 1. The maximum Gasteiger partial charge on any atom is 0.422 e. The number of aromatic nitrogens is 1. The molecule has 8 heteroatoms. The Balaban J connectivity index is 1.50. The summed E-state index contributed by atoms with van der Waals surface area (Å²) in [5, 5.41) is 2.75. The van der Waals surface area contributed by atoms with Crippen LogP contribution in [0.3, 0.4) is 0 Å². The van der Waals surface area contributed by atoms with Crippen molar-refractivity contribution < 1.29 is 27.1 Å². The summed E-state index contributed by atoms with van der Waals surface area (Å²) < 4.78 is 54.0. The smallest absolute Gasteiger partial charge is 0.422 e. The zero-order valence-corrected chi connectivity index (χ0v) is 13.6. The molecule has 0 saturated heterocycles. The average molecular weight is 368 g/mol. The van der Waals surface area contributed by atoms with E-state index in [1.54, 1.807) is 18.2 Å². The predicted octanol–water partition coefficient (Wildman–Crippen LogP) is 3.58. The second-order valence-electron chi connectivity index (χ2n) is 6.12. The molecule has 0 spiro atoms. The van der Waals surface area contributed by atoms with Gasteiger partial charge in [0.05, 0.1) is 0 Å². The van der Waals surface area contributed by atoms with Crippen LogP contribution in [0.2, 0.25) is 0 Å². The fourth-order valence-electron chi connectivity index (χ4n) is 2.68. The van der Waals surface area contributed by atoms with Crippen LogP contribution in [0, 0.1) is 11.7 Å². The van der Waals surface area contributed by atoms with Gasteiger partial charge in [0.1, 0.15) is 5.82 Å². The van der Waals surface area contributed by atoms with Crippen LogP contribution in [0.5, 0.6) is 5.88 Å². The van der Waals surface area contributed by atoms with Crippen molar-refractivity contribution in [2.45, 2.75) is 25.1 Å². The zero-order valence-electron chi connectivity index (χ0n) is 13.6. The molecule has 2 unspecified atom stereocenters. The first kappa shape index (κ1) is 18.2. The second-order valence-corrected chi connectivity index (χ2v) is 6.12. The first-order valence-electron chi connectivity index (χ1n) is 7.99. The minimum Gasteiger partial charge on any atom is -0.468 e. The molecule has 1 aliphatic rings. The summed E-state index contributed by atoms with van der Waals surface area (Å²) in [6.07, 6.45) is -2.42. The summed E-state index contributed by atoms with van der Waals surface area (Å²) in [6.45, 7) is -1.26. The van der Waals surface area contributed by atoms with Crippen molar-refractivity contribution in [3.8, 4) is 5.88 Å². The van der Waals surface area contributed by atoms with E-state index in [0.29, 0.717) is 12.0 Å². The molecule has 1 fully saturated rings. The number of pyridine rings is 1. The number of hydrogen-bond acceptors (Lipinski definition) is 3. The third-order valence-corrected chi connectivity index (χ3v) is 4.08. The third-order valence-electron chi connectivity index (χ3n) is 4.08. The molecule has 0 aliphatic heterocycles. The Kier molecular flexibility index (Phi) is 5.11. The van der Waals surface area contributed by atoms with E-state index in [-0.39, 0.29) is 36.0 Å². The first-order chi connectivity index (χ1) is 12.3. The normalized spacial score (nSPS) is 19.1. The fraction of sp³-hybridized carbons (Fsp3) is 0.333. The predicted molar refractivity (Wildman–Crippen MR) is 84.9 cm³/mol. The molecule has 2 aromatic rings. The number of ether oxygens (including phenoxy) is 1. The molecule has 1 amide bonds. The van der Waals surface area contributed by atoms with Gasteiger partial charge >= 0.3 is 6.18 Å². The standard InChI is InChI=1S/C18H16F4N2O2/c19-13-3-1-12(2-4-13)14-8-15(14)17(25)24-9-11-5-6-23-16(7-11)26-10-18(20,21)22/h1-7,14-15H,8-10H2,(H,24,25). The minimum absolute atomic E-state index is 0.0683. The monoisotopic (exact) mass is 368 g/mol. The van der Waals surface area contributed by atoms with Gasteiger partial charge in [-0.1, -0.05) is 12.1 Å². The molecule has 1 aromatic heterocycles. The van der Waals surface area contributed by atoms with Crippen molar-refractivity contribution in [3.63, 3.8) is 0 Å². The number of rotatable bonds is 6. The van der Waals surface area contributed by atoms with Gasteiger partial charge in [0.25, 0.3) is 0 Å². The molecule has 1 saturated carbocycles. The lowest BCUT2D eigenvalue weighted by Crippen LogP contribution is -2.25. The van der Waals surface area contributed by atoms with E-state index < -0.39 is 12.8 Å². The van der Waals surface area contributed by atoms with Gasteiger partial charge in [0.2, 0.25) is 11.8 Å². The maximum atomic E-state index is 12.9. The van der Waals surface area contributed by atoms with Crippen LogP contribution < -0.4 is 10.1 Å². The molecular weight excluding hydrogens is 352 g/mol. The maximum absolute atomic E-state index is 12.9. The molecule has 2 atom stereocenters. The highest BCUT2D eigenvalue weighted by Gasteiger charge is 2.43. The Morgan fingerprint density at radius 3 is 2.65 bits per heavy atom. The molecule has 1 aliphatic carbocycles. The third kappa shape index (κ3) is 4.93. The van der Waals surface area contributed by atoms with Crippen LogP contribution in [-0.2, 0) is 11.3 Å². The molecule has 138 valence electrons. The fourth-order valence-corrected chi connectivity index (χ4v) is 2.68. The van der Waals surface area contributed by atoms with Crippen molar-refractivity contribution in [1.29, 1.82) is 0 Å². The van der Waals surface area contributed by atoms with Crippen molar-refractivity contribution in [3.05, 3.63) is 59.5 Å². The van der Waals surface area contributed by atoms with Crippen LogP contribution >= 0.6 is 0 Å². The van der Waals surface area contributed by atoms with Crippen molar-refractivity contribution in [2.75, 3.05) is 6.61 Å². The van der Waals surface area contributed by atoms with Gasteiger partial charge in [-0.3, -0.25) is 4.79 Å². The Morgan fingerprint density at radius 2 is 1.96 bits per heavy atom. The number of nitrogens with one attached hydrogen (secondary N) is 1. The number of alkyl halides is 3. The van der Waals surface area contributed by atoms with Gasteiger partial charge in [-0.05, 0) is 41.7 Å². The molecule has 1 heterocycles. The molecule has 4 nitrogen and oxygen atoms in total. The SMILES string of the molecule is O=C(NCc1ccnc(OCC(F)(F)F)c1)C1CC1c1ccc(F)cc1. The van der Waals surface area contributed by atoms with Crippen molar-refractivity contribution in [2.24, 2.45) is 5.92 Å². The van der Waals surface area contributed by atoms with E-state index in [9.17, 15) is 22.4 Å². The minimum atomic E-state index is -4.44. The van der Waals surface area contributed by atoms with Crippen molar-refractivity contribution in [1.82, 2.24) is 10.3 Å². The number of amides is 1. The number of hydrogen-bond donors (Lipinski definition) is 1. The van der Waals surface area contributed by atoms with E-state index in [2.05, 4.69) is 15.0 Å². The molecule has 0 bridgehead atoms. The van der Waals surface area contributed by atoms with E-state index in [1.165, 1.54) is 24.4 Å². The van der Waals surface area contributed by atoms with Crippen LogP contribution in [0.25, 0.3) is 0 Å². The van der Waals surface area contributed by atoms with Gasteiger partial charge in [0, 0.05) is 24.7 Å². The van der Waals surface area contributed by atoms with Crippen LogP contribution in [0.4, 0.5) is 17.6 Å². The van der Waals surface area contributed by atoms with Gasteiger partial charge in [-0.15, -0.1) is 0 Å². The highest BCUT2D eigenvalue weighted by Crippen LogP contribution is 2.47. The Hall–Kier alpha value is -2.64. The summed E-state index contributed by atoms with van der Waals surface area (Å²) in [4.78, 5) is 15.9.